The molecule has 2 fully saturated rings. The summed E-state index contributed by atoms with van der Waals surface area (Å²) in [5.74, 6) is 2.45. The monoisotopic (exact) mass is 620 g/mol. The van der Waals surface area contributed by atoms with Gasteiger partial charge in [0.05, 0.1) is 37.0 Å². The van der Waals surface area contributed by atoms with Crippen LogP contribution in [0.1, 0.15) is 60.3 Å². The Kier molecular flexibility index (Phi) is 10.6. The number of hydrogen-bond donors (Lipinski definition) is 0. The molecule has 240 valence electrons. The molecule has 0 N–H and O–H groups in total. The van der Waals surface area contributed by atoms with Gasteiger partial charge < -0.3 is 9.47 Å². The average molecular weight is 621 g/mol. The molecule has 4 aromatic rings. The zero-order chi connectivity index (χ0) is 31.7. The van der Waals surface area contributed by atoms with Crippen molar-refractivity contribution in [3.05, 3.63) is 108 Å². The first-order chi connectivity index (χ1) is 22.6. The van der Waals surface area contributed by atoms with E-state index in [4.69, 9.17) is 9.47 Å². The SMILES string of the molecule is Cc1ccccc1OCC1CCCN(C(C(=O)C(c2cnccn2)N2CCCC(COc3ccccc3C)C2)c2cnccn2)C1. The van der Waals surface area contributed by atoms with Gasteiger partial charge >= 0.3 is 0 Å². The summed E-state index contributed by atoms with van der Waals surface area (Å²) in [6.45, 7) is 8.41. The van der Waals surface area contributed by atoms with Crippen LogP contribution in [-0.4, -0.2) is 74.9 Å². The van der Waals surface area contributed by atoms with Gasteiger partial charge in [-0.25, -0.2) is 0 Å². The Morgan fingerprint density at radius 2 is 1.17 bits per heavy atom. The smallest absolute Gasteiger partial charge is 0.179 e. The van der Waals surface area contributed by atoms with Crippen LogP contribution in [0, 0.1) is 25.7 Å². The molecule has 6 rings (SSSR count). The largest absolute Gasteiger partial charge is 0.493 e. The zero-order valence-electron chi connectivity index (χ0n) is 26.9. The number of benzene rings is 2. The number of likely N-dealkylation sites (tertiary alicyclic amines) is 2. The summed E-state index contributed by atoms with van der Waals surface area (Å²) in [6.07, 6.45) is 14.2. The normalized spacial score (nSPS) is 20.5. The van der Waals surface area contributed by atoms with Crippen LogP contribution in [0.4, 0.5) is 0 Å². The maximum Gasteiger partial charge on any atom is 0.179 e. The summed E-state index contributed by atoms with van der Waals surface area (Å²) >= 11 is 0. The van der Waals surface area contributed by atoms with E-state index in [0.29, 0.717) is 24.6 Å². The fourth-order valence-electron chi connectivity index (χ4n) is 6.87. The molecule has 4 unspecified atom stereocenters. The minimum Gasteiger partial charge on any atom is -0.493 e. The summed E-state index contributed by atoms with van der Waals surface area (Å²) in [5.41, 5.74) is 3.58. The number of hydrogen-bond acceptors (Lipinski definition) is 9. The van der Waals surface area contributed by atoms with E-state index < -0.39 is 12.1 Å². The van der Waals surface area contributed by atoms with E-state index in [-0.39, 0.29) is 17.6 Å². The number of aromatic nitrogens is 4. The van der Waals surface area contributed by atoms with Crippen molar-refractivity contribution in [2.45, 2.75) is 51.6 Å². The number of piperidine rings is 2. The highest BCUT2D eigenvalue weighted by atomic mass is 16.5. The van der Waals surface area contributed by atoms with Crippen molar-refractivity contribution in [3.63, 3.8) is 0 Å². The van der Waals surface area contributed by atoms with Gasteiger partial charge in [0.15, 0.2) is 5.78 Å². The summed E-state index contributed by atoms with van der Waals surface area (Å²) in [6, 6.07) is 15.1. The molecule has 2 saturated heterocycles. The first-order valence-corrected chi connectivity index (χ1v) is 16.5. The van der Waals surface area contributed by atoms with Gasteiger partial charge in [0, 0.05) is 49.7 Å². The van der Waals surface area contributed by atoms with Crippen molar-refractivity contribution < 1.29 is 14.3 Å². The molecule has 4 atom stereocenters. The van der Waals surface area contributed by atoms with Crippen LogP contribution in [0.15, 0.2) is 85.7 Å². The Morgan fingerprint density at radius 3 is 1.59 bits per heavy atom. The van der Waals surface area contributed by atoms with E-state index in [1.54, 1.807) is 37.2 Å². The molecule has 2 aromatic heterocycles. The maximum atomic E-state index is 15.0. The van der Waals surface area contributed by atoms with Crippen LogP contribution in [-0.2, 0) is 4.79 Å². The van der Waals surface area contributed by atoms with Crippen LogP contribution in [0.25, 0.3) is 0 Å². The van der Waals surface area contributed by atoms with Gasteiger partial charge in [0.1, 0.15) is 23.6 Å². The first kappa shape index (κ1) is 31.8. The van der Waals surface area contributed by atoms with Crippen LogP contribution in [0.5, 0.6) is 11.5 Å². The highest BCUT2D eigenvalue weighted by molar-refractivity contribution is 5.90. The predicted molar refractivity (Wildman–Crippen MR) is 176 cm³/mol. The van der Waals surface area contributed by atoms with E-state index in [1.165, 1.54) is 0 Å². The number of carbonyl (C=O) groups excluding carboxylic acids is 1. The zero-order valence-corrected chi connectivity index (χ0v) is 26.9. The number of ketones is 1. The van der Waals surface area contributed by atoms with E-state index in [0.717, 1.165) is 74.5 Å². The number of nitrogens with zero attached hydrogens (tertiary/aromatic N) is 6. The average Bonchev–Trinajstić information content (AvgIpc) is 3.09. The quantitative estimate of drug-likeness (QED) is 0.194. The standard InChI is InChI=1S/C37H44N6O3/c1-27-9-3-5-13-33(27)45-25-29-11-7-19-42(23-29)35(31-21-38-15-17-40-31)37(44)36(32-22-39-16-18-41-32)43-20-8-12-30(24-43)26-46-34-14-6-4-10-28(34)2/h3-6,9-10,13-18,21-22,29-30,35-36H,7-8,11-12,19-20,23-26H2,1-2H3. The summed E-state index contributed by atoms with van der Waals surface area (Å²) in [7, 11) is 0. The van der Waals surface area contributed by atoms with Crippen LogP contribution in [0.3, 0.4) is 0 Å². The lowest BCUT2D eigenvalue weighted by Crippen LogP contribution is -2.49. The topological polar surface area (TPSA) is 93.6 Å². The fraction of sp³-hybridized carbons (Fsp3) is 0.432. The second-order valence-electron chi connectivity index (χ2n) is 12.6. The van der Waals surface area contributed by atoms with E-state index >= 15 is 4.79 Å². The third kappa shape index (κ3) is 7.77. The maximum absolute atomic E-state index is 15.0. The Hall–Kier alpha value is -4.21. The first-order valence-electron chi connectivity index (χ1n) is 16.5. The van der Waals surface area contributed by atoms with Gasteiger partial charge in [-0.05, 0) is 75.9 Å². The van der Waals surface area contributed by atoms with Crippen molar-refractivity contribution in [3.8, 4) is 11.5 Å². The Labute approximate surface area is 272 Å². The van der Waals surface area contributed by atoms with Gasteiger partial charge in [-0.2, -0.15) is 0 Å². The van der Waals surface area contributed by atoms with Crippen molar-refractivity contribution in [1.82, 2.24) is 29.7 Å². The molecule has 0 amide bonds. The third-order valence-electron chi connectivity index (χ3n) is 9.23. The Morgan fingerprint density at radius 1 is 0.717 bits per heavy atom. The van der Waals surface area contributed by atoms with Gasteiger partial charge in [-0.3, -0.25) is 34.5 Å². The Bertz CT molecular complexity index is 1440. The van der Waals surface area contributed by atoms with Gasteiger partial charge in [0.25, 0.3) is 0 Å². The lowest BCUT2D eigenvalue weighted by molar-refractivity contribution is -0.132. The van der Waals surface area contributed by atoms with Crippen LogP contribution < -0.4 is 9.47 Å². The van der Waals surface area contributed by atoms with Gasteiger partial charge in [-0.15, -0.1) is 0 Å². The summed E-state index contributed by atoms with van der Waals surface area (Å²) < 4.78 is 12.6. The minimum atomic E-state index is -0.564. The number of carbonyl (C=O) groups is 1. The molecule has 0 bridgehead atoms. The highest BCUT2D eigenvalue weighted by Crippen LogP contribution is 2.35. The van der Waals surface area contributed by atoms with Gasteiger partial charge in [0.2, 0.25) is 0 Å². The van der Waals surface area contributed by atoms with Crippen molar-refractivity contribution >= 4 is 5.78 Å². The molecular formula is C37H44N6O3. The number of rotatable bonds is 12. The lowest BCUT2D eigenvalue weighted by atomic mass is 9.90. The molecule has 4 heterocycles. The molecule has 2 aromatic carbocycles. The molecule has 0 aliphatic carbocycles. The van der Waals surface area contributed by atoms with E-state index in [1.807, 2.05) is 36.4 Å². The summed E-state index contributed by atoms with van der Waals surface area (Å²) in [4.78, 5) is 37.7. The van der Waals surface area contributed by atoms with Gasteiger partial charge in [-0.1, -0.05) is 36.4 Å². The molecule has 9 heteroatoms. The molecule has 9 nitrogen and oxygen atoms in total. The molecule has 0 saturated carbocycles. The van der Waals surface area contributed by atoms with Crippen molar-refractivity contribution in [2.24, 2.45) is 11.8 Å². The highest BCUT2D eigenvalue weighted by Gasteiger charge is 2.41. The number of ether oxygens (including phenoxy) is 2. The predicted octanol–water partition coefficient (Wildman–Crippen LogP) is 5.82. The minimum absolute atomic E-state index is 0.0574. The number of Topliss-reactive ketones (excluding diaryl/α,β-unsaturated/α-hetero) is 1. The van der Waals surface area contributed by atoms with E-state index in [2.05, 4.69) is 55.7 Å². The number of para-hydroxylation sites is 2. The lowest BCUT2D eigenvalue weighted by Gasteiger charge is -2.41. The van der Waals surface area contributed by atoms with E-state index in [9.17, 15) is 0 Å². The molecule has 0 spiro atoms. The van der Waals surface area contributed by atoms with Crippen LogP contribution in [0.2, 0.25) is 0 Å². The third-order valence-corrected chi connectivity index (χ3v) is 9.23. The molecular weight excluding hydrogens is 576 g/mol. The second-order valence-corrected chi connectivity index (χ2v) is 12.6. The van der Waals surface area contributed by atoms with Crippen molar-refractivity contribution in [1.29, 1.82) is 0 Å². The van der Waals surface area contributed by atoms with Crippen LogP contribution >= 0.6 is 0 Å². The van der Waals surface area contributed by atoms with Crippen molar-refractivity contribution in [2.75, 3.05) is 39.4 Å². The molecule has 2 aliphatic rings. The molecule has 46 heavy (non-hydrogen) atoms. The second kappa shape index (κ2) is 15.4. The summed E-state index contributed by atoms with van der Waals surface area (Å²) in [5, 5.41) is 0. The Balaban J connectivity index is 1.23. The molecule has 0 radical (unpaired) electrons. The number of aryl methyl sites for hydroxylation is 2. The molecule has 2 aliphatic heterocycles. The fourth-order valence-corrected chi connectivity index (χ4v) is 6.87.